The van der Waals surface area contributed by atoms with E-state index in [9.17, 15) is 0 Å². The molecule has 4 aromatic rings. The summed E-state index contributed by atoms with van der Waals surface area (Å²) in [7, 11) is 3.45. The molecule has 0 spiro atoms. The summed E-state index contributed by atoms with van der Waals surface area (Å²) in [5.74, 6) is 1.83. The van der Waals surface area contributed by atoms with Crippen molar-refractivity contribution in [1.29, 1.82) is 0 Å². The standard InChI is InChI=1S/C22H16O2/c1-23-19-8-4-5-14-13(19)9-10-15-16-11-12-20(24-2)17-6-3-7-18(21(14)15)22(16)17/h3-12H,1-2H3. The highest BCUT2D eigenvalue weighted by Crippen LogP contribution is 2.52. The highest BCUT2D eigenvalue weighted by molar-refractivity contribution is 6.22. The molecule has 0 saturated heterocycles. The van der Waals surface area contributed by atoms with E-state index < -0.39 is 0 Å². The van der Waals surface area contributed by atoms with Crippen molar-refractivity contribution in [2.75, 3.05) is 14.2 Å². The van der Waals surface area contributed by atoms with Crippen LogP contribution in [0.5, 0.6) is 11.5 Å². The van der Waals surface area contributed by atoms with Gasteiger partial charge in [0.25, 0.3) is 0 Å². The fraction of sp³-hybridized carbons (Fsp3) is 0.0909. The van der Waals surface area contributed by atoms with Gasteiger partial charge >= 0.3 is 0 Å². The summed E-state index contributed by atoms with van der Waals surface area (Å²) >= 11 is 0. The van der Waals surface area contributed by atoms with Gasteiger partial charge in [0.15, 0.2) is 0 Å². The summed E-state index contributed by atoms with van der Waals surface area (Å²) in [5.41, 5.74) is 5.13. The predicted octanol–water partition coefficient (Wildman–Crippen LogP) is 5.66. The molecule has 0 amide bonds. The van der Waals surface area contributed by atoms with Crippen molar-refractivity contribution in [2.24, 2.45) is 0 Å². The summed E-state index contributed by atoms with van der Waals surface area (Å²) in [6.45, 7) is 0. The van der Waals surface area contributed by atoms with Crippen LogP contribution in [-0.4, -0.2) is 14.2 Å². The number of fused-ring (bicyclic) bond motifs is 5. The van der Waals surface area contributed by atoms with E-state index in [1.165, 1.54) is 38.4 Å². The molecule has 24 heavy (non-hydrogen) atoms. The van der Waals surface area contributed by atoms with Crippen LogP contribution in [0, 0.1) is 0 Å². The molecule has 0 radical (unpaired) electrons. The average molecular weight is 312 g/mol. The molecule has 0 aliphatic heterocycles. The minimum atomic E-state index is 0.913. The van der Waals surface area contributed by atoms with Crippen LogP contribution in [0.15, 0.2) is 60.7 Å². The minimum absolute atomic E-state index is 0.913. The van der Waals surface area contributed by atoms with Gasteiger partial charge in [-0.1, -0.05) is 42.5 Å². The Kier molecular flexibility index (Phi) is 2.66. The first-order valence-corrected chi connectivity index (χ1v) is 8.03. The van der Waals surface area contributed by atoms with Crippen molar-refractivity contribution in [3.8, 4) is 33.8 Å². The zero-order valence-electron chi connectivity index (χ0n) is 13.6. The molecule has 116 valence electrons. The highest BCUT2D eigenvalue weighted by Gasteiger charge is 2.24. The van der Waals surface area contributed by atoms with E-state index in [-0.39, 0.29) is 0 Å². The van der Waals surface area contributed by atoms with Gasteiger partial charge in [-0.25, -0.2) is 0 Å². The zero-order chi connectivity index (χ0) is 16.3. The van der Waals surface area contributed by atoms with E-state index in [1.54, 1.807) is 14.2 Å². The van der Waals surface area contributed by atoms with Crippen molar-refractivity contribution < 1.29 is 9.47 Å². The average Bonchev–Trinajstić information content (AvgIpc) is 2.98. The second-order valence-corrected chi connectivity index (χ2v) is 6.09. The number of benzene rings is 4. The van der Waals surface area contributed by atoms with Gasteiger partial charge in [0.05, 0.1) is 14.2 Å². The third kappa shape index (κ3) is 1.55. The molecule has 2 nitrogen and oxygen atoms in total. The van der Waals surface area contributed by atoms with Gasteiger partial charge in [-0.2, -0.15) is 0 Å². The van der Waals surface area contributed by atoms with Crippen molar-refractivity contribution in [2.45, 2.75) is 0 Å². The molecular formula is C22H16O2. The lowest BCUT2D eigenvalue weighted by Gasteiger charge is -2.10. The molecule has 0 atom stereocenters. The Hall–Kier alpha value is -3.00. The molecule has 0 bridgehead atoms. The highest BCUT2D eigenvalue weighted by atomic mass is 16.5. The fourth-order valence-electron chi connectivity index (χ4n) is 4.01. The van der Waals surface area contributed by atoms with Gasteiger partial charge in [-0.3, -0.25) is 0 Å². The third-order valence-corrected chi connectivity index (χ3v) is 5.02. The van der Waals surface area contributed by atoms with E-state index in [0.717, 1.165) is 16.9 Å². The van der Waals surface area contributed by atoms with Crippen molar-refractivity contribution in [1.82, 2.24) is 0 Å². The molecule has 2 heteroatoms. The fourth-order valence-corrected chi connectivity index (χ4v) is 4.01. The van der Waals surface area contributed by atoms with E-state index >= 15 is 0 Å². The molecule has 0 unspecified atom stereocenters. The summed E-state index contributed by atoms with van der Waals surface area (Å²) in [6, 6.07) is 21.3. The molecule has 1 aliphatic carbocycles. The van der Waals surface area contributed by atoms with E-state index in [1.807, 2.05) is 6.07 Å². The van der Waals surface area contributed by atoms with Gasteiger partial charge in [0.1, 0.15) is 11.5 Å². The molecule has 0 aromatic heterocycles. The Labute approximate surface area is 140 Å². The number of hydrogen-bond acceptors (Lipinski definition) is 2. The summed E-state index contributed by atoms with van der Waals surface area (Å²) < 4.78 is 11.1. The summed E-state index contributed by atoms with van der Waals surface area (Å²) in [4.78, 5) is 0. The van der Waals surface area contributed by atoms with Crippen LogP contribution in [-0.2, 0) is 0 Å². The first-order valence-electron chi connectivity index (χ1n) is 8.03. The summed E-state index contributed by atoms with van der Waals surface area (Å²) in [5, 5.41) is 4.83. The maximum absolute atomic E-state index is 5.57. The van der Waals surface area contributed by atoms with E-state index in [2.05, 4.69) is 54.6 Å². The van der Waals surface area contributed by atoms with Crippen LogP contribution in [0.1, 0.15) is 0 Å². The van der Waals surface area contributed by atoms with E-state index in [4.69, 9.17) is 9.47 Å². The molecule has 4 aromatic carbocycles. The monoisotopic (exact) mass is 312 g/mol. The second-order valence-electron chi connectivity index (χ2n) is 6.09. The Morgan fingerprint density at radius 2 is 1.25 bits per heavy atom. The molecule has 0 heterocycles. The smallest absolute Gasteiger partial charge is 0.126 e. The van der Waals surface area contributed by atoms with Gasteiger partial charge < -0.3 is 9.47 Å². The van der Waals surface area contributed by atoms with Crippen molar-refractivity contribution in [3.63, 3.8) is 0 Å². The van der Waals surface area contributed by atoms with Gasteiger partial charge in [-0.05, 0) is 45.8 Å². The lowest BCUT2D eigenvalue weighted by molar-refractivity contribution is 0.420. The molecular weight excluding hydrogens is 296 g/mol. The minimum Gasteiger partial charge on any atom is -0.496 e. The quantitative estimate of drug-likeness (QED) is 0.419. The first kappa shape index (κ1) is 13.4. The Morgan fingerprint density at radius 1 is 0.542 bits per heavy atom. The molecule has 1 aliphatic rings. The topological polar surface area (TPSA) is 18.5 Å². The van der Waals surface area contributed by atoms with Crippen LogP contribution in [0.4, 0.5) is 0 Å². The molecule has 5 rings (SSSR count). The maximum Gasteiger partial charge on any atom is 0.126 e. The van der Waals surface area contributed by atoms with Crippen molar-refractivity contribution in [3.05, 3.63) is 60.7 Å². The van der Waals surface area contributed by atoms with Gasteiger partial charge in [-0.15, -0.1) is 0 Å². The van der Waals surface area contributed by atoms with Crippen LogP contribution in [0.2, 0.25) is 0 Å². The zero-order valence-corrected chi connectivity index (χ0v) is 13.6. The SMILES string of the molecule is COc1cccc2c3c(ccc12)-c1ccc(OC)c2cccc-3c12. The van der Waals surface area contributed by atoms with Crippen LogP contribution < -0.4 is 9.47 Å². The van der Waals surface area contributed by atoms with Crippen LogP contribution in [0.25, 0.3) is 43.8 Å². The van der Waals surface area contributed by atoms with Crippen molar-refractivity contribution >= 4 is 21.5 Å². The summed E-state index contributed by atoms with van der Waals surface area (Å²) in [6.07, 6.45) is 0. The van der Waals surface area contributed by atoms with Gasteiger partial charge in [0, 0.05) is 16.2 Å². The Morgan fingerprint density at radius 3 is 2.08 bits per heavy atom. The third-order valence-electron chi connectivity index (χ3n) is 5.02. The number of methoxy groups -OCH3 is 2. The number of hydrogen-bond donors (Lipinski definition) is 0. The predicted molar refractivity (Wildman–Crippen MR) is 99.0 cm³/mol. The van der Waals surface area contributed by atoms with E-state index in [0.29, 0.717) is 0 Å². The molecule has 0 N–H and O–H groups in total. The molecule has 0 fully saturated rings. The Bertz CT molecular complexity index is 1130. The molecule has 0 saturated carbocycles. The van der Waals surface area contributed by atoms with Crippen LogP contribution in [0.3, 0.4) is 0 Å². The van der Waals surface area contributed by atoms with Crippen LogP contribution >= 0.6 is 0 Å². The first-order chi connectivity index (χ1) is 11.8. The second kappa shape index (κ2) is 4.75. The number of rotatable bonds is 2. The normalized spacial score (nSPS) is 11.8. The lowest BCUT2D eigenvalue weighted by atomic mass is 9.96. The Balaban J connectivity index is 1.97. The maximum atomic E-state index is 5.57. The largest absolute Gasteiger partial charge is 0.496 e. The number of ether oxygens (including phenoxy) is 2. The van der Waals surface area contributed by atoms with Gasteiger partial charge in [0.2, 0.25) is 0 Å². The lowest BCUT2D eigenvalue weighted by Crippen LogP contribution is -1.86.